The molecular formula is C19H27N5O2. The van der Waals surface area contributed by atoms with Crippen LogP contribution in [0.5, 0.6) is 0 Å². The molecule has 0 unspecified atom stereocenters. The minimum Gasteiger partial charge on any atom is -0.342 e. The molecule has 4 heterocycles. The third-order valence-corrected chi connectivity index (χ3v) is 6.69. The fourth-order valence-corrected chi connectivity index (χ4v) is 4.97. The molecule has 4 aliphatic rings. The molecule has 0 radical (unpaired) electrons. The summed E-state index contributed by atoms with van der Waals surface area (Å²) in [7, 11) is 0. The van der Waals surface area contributed by atoms with E-state index in [0.29, 0.717) is 18.9 Å². The van der Waals surface area contributed by atoms with Crippen molar-refractivity contribution in [2.24, 2.45) is 11.3 Å². The van der Waals surface area contributed by atoms with E-state index in [1.54, 1.807) is 0 Å². The van der Waals surface area contributed by atoms with Crippen LogP contribution in [-0.2, 0) is 17.8 Å². The molecule has 1 aromatic rings. The van der Waals surface area contributed by atoms with Crippen LogP contribution in [0, 0.1) is 11.3 Å². The number of carbonyl (C=O) groups excluding carboxylic acids is 2. The standard InChI is InChI=1S/C19H27N5O2/c25-17(16-21-20-15-4-1-2-10-24(15)16)23-11-8-19(13-23)7-3-9-22(18(19)26)12-14-5-6-14/h14H,1-13H2/t19-/m0/s1. The number of hydrogen-bond acceptors (Lipinski definition) is 4. The maximum Gasteiger partial charge on any atom is 0.291 e. The SMILES string of the molecule is O=C(c1nnc2n1CCCC2)N1CC[C@@]2(CCCN(CC3CC3)C2=O)C1. The highest BCUT2D eigenvalue weighted by atomic mass is 16.2. The van der Waals surface area contributed by atoms with Crippen LogP contribution in [0.15, 0.2) is 0 Å². The van der Waals surface area contributed by atoms with Gasteiger partial charge in [-0.05, 0) is 50.9 Å². The van der Waals surface area contributed by atoms with Gasteiger partial charge in [-0.3, -0.25) is 9.59 Å². The Morgan fingerprint density at radius 2 is 1.96 bits per heavy atom. The van der Waals surface area contributed by atoms with E-state index >= 15 is 0 Å². The van der Waals surface area contributed by atoms with Gasteiger partial charge in [-0.2, -0.15) is 0 Å². The largest absolute Gasteiger partial charge is 0.342 e. The predicted octanol–water partition coefficient (Wildman–Crippen LogP) is 1.48. The first-order valence-corrected chi connectivity index (χ1v) is 10.2. The monoisotopic (exact) mass is 357 g/mol. The molecule has 1 aliphatic carbocycles. The summed E-state index contributed by atoms with van der Waals surface area (Å²) in [6, 6.07) is 0. The molecule has 0 bridgehead atoms. The van der Waals surface area contributed by atoms with Crippen LogP contribution in [-0.4, -0.2) is 62.6 Å². The molecular weight excluding hydrogens is 330 g/mol. The average molecular weight is 357 g/mol. The van der Waals surface area contributed by atoms with Crippen molar-refractivity contribution in [2.45, 2.75) is 57.9 Å². The third kappa shape index (κ3) is 2.63. The summed E-state index contributed by atoms with van der Waals surface area (Å²) in [4.78, 5) is 30.1. The van der Waals surface area contributed by atoms with Gasteiger partial charge in [0.05, 0.1) is 5.41 Å². The lowest BCUT2D eigenvalue weighted by molar-refractivity contribution is -0.145. The number of aryl methyl sites for hydroxylation is 1. The Morgan fingerprint density at radius 3 is 2.81 bits per heavy atom. The normalized spacial score (nSPS) is 28.7. The molecule has 1 saturated carbocycles. The fourth-order valence-electron chi connectivity index (χ4n) is 4.97. The minimum atomic E-state index is -0.354. The second-order valence-corrected chi connectivity index (χ2v) is 8.60. The van der Waals surface area contributed by atoms with Crippen LogP contribution in [0.2, 0.25) is 0 Å². The Kier molecular flexibility index (Phi) is 3.79. The van der Waals surface area contributed by atoms with Crippen LogP contribution < -0.4 is 0 Å². The highest BCUT2D eigenvalue weighted by Gasteiger charge is 2.50. The van der Waals surface area contributed by atoms with Gasteiger partial charge < -0.3 is 14.4 Å². The number of amides is 2. The summed E-state index contributed by atoms with van der Waals surface area (Å²) in [5, 5.41) is 8.39. The van der Waals surface area contributed by atoms with Crippen molar-refractivity contribution in [3.05, 3.63) is 11.6 Å². The van der Waals surface area contributed by atoms with Gasteiger partial charge in [0, 0.05) is 39.1 Å². The highest BCUT2D eigenvalue weighted by molar-refractivity contribution is 5.92. The Hall–Kier alpha value is -1.92. The van der Waals surface area contributed by atoms with Gasteiger partial charge in [-0.15, -0.1) is 10.2 Å². The number of fused-ring (bicyclic) bond motifs is 1. The number of nitrogens with zero attached hydrogens (tertiary/aromatic N) is 5. The van der Waals surface area contributed by atoms with E-state index in [-0.39, 0.29) is 17.2 Å². The number of aromatic nitrogens is 3. The topological polar surface area (TPSA) is 71.3 Å². The van der Waals surface area contributed by atoms with E-state index in [2.05, 4.69) is 15.1 Å². The molecule has 1 atom stereocenters. The molecule has 26 heavy (non-hydrogen) atoms. The molecule has 7 heteroatoms. The molecule has 140 valence electrons. The maximum atomic E-state index is 13.2. The van der Waals surface area contributed by atoms with E-state index in [0.717, 1.165) is 69.9 Å². The smallest absolute Gasteiger partial charge is 0.291 e. The summed E-state index contributed by atoms with van der Waals surface area (Å²) in [6.07, 6.45) is 8.38. The molecule has 1 aromatic heterocycles. The van der Waals surface area contributed by atoms with Crippen molar-refractivity contribution in [1.29, 1.82) is 0 Å². The predicted molar refractivity (Wildman–Crippen MR) is 94.5 cm³/mol. The minimum absolute atomic E-state index is 0.0466. The second-order valence-electron chi connectivity index (χ2n) is 8.60. The lowest BCUT2D eigenvalue weighted by atomic mass is 9.78. The van der Waals surface area contributed by atoms with Gasteiger partial charge in [0.25, 0.3) is 5.91 Å². The number of piperidine rings is 1. The van der Waals surface area contributed by atoms with Crippen molar-refractivity contribution in [2.75, 3.05) is 26.2 Å². The Morgan fingerprint density at radius 1 is 1.08 bits per heavy atom. The summed E-state index contributed by atoms with van der Waals surface area (Å²) < 4.78 is 1.99. The molecule has 0 N–H and O–H groups in total. The maximum absolute atomic E-state index is 13.2. The average Bonchev–Trinajstić information content (AvgIpc) is 3.21. The van der Waals surface area contributed by atoms with Crippen molar-refractivity contribution in [1.82, 2.24) is 24.6 Å². The van der Waals surface area contributed by atoms with E-state index < -0.39 is 0 Å². The second kappa shape index (κ2) is 6.06. The van der Waals surface area contributed by atoms with Gasteiger partial charge in [0.1, 0.15) is 5.82 Å². The van der Waals surface area contributed by atoms with Gasteiger partial charge >= 0.3 is 0 Å². The van der Waals surface area contributed by atoms with Crippen molar-refractivity contribution in [3.63, 3.8) is 0 Å². The van der Waals surface area contributed by atoms with Gasteiger partial charge in [-0.25, -0.2) is 0 Å². The Balaban J connectivity index is 1.32. The number of hydrogen-bond donors (Lipinski definition) is 0. The Bertz CT molecular complexity index is 740. The molecule has 1 spiro atoms. The van der Waals surface area contributed by atoms with Gasteiger partial charge in [-0.1, -0.05) is 0 Å². The first-order valence-electron chi connectivity index (χ1n) is 10.2. The van der Waals surface area contributed by atoms with Gasteiger partial charge in [0.2, 0.25) is 11.7 Å². The van der Waals surface area contributed by atoms with Crippen LogP contribution in [0.1, 0.15) is 61.4 Å². The first-order chi connectivity index (χ1) is 12.7. The number of carbonyl (C=O) groups is 2. The van der Waals surface area contributed by atoms with E-state index in [9.17, 15) is 9.59 Å². The van der Waals surface area contributed by atoms with Gasteiger partial charge in [0.15, 0.2) is 0 Å². The molecule has 3 fully saturated rings. The van der Waals surface area contributed by atoms with Crippen LogP contribution in [0.4, 0.5) is 0 Å². The number of likely N-dealkylation sites (tertiary alicyclic amines) is 2. The fraction of sp³-hybridized carbons (Fsp3) is 0.789. The summed E-state index contributed by atoms with van der Waals surface area (Å²) >= 11 is 0. The molecule has 7 nitrogen and oxygen atoms in total. The quantitative estimate of drug-likeness (QED) is 0.821. The van der Waals surface area contributed by atoms with Crippen LogP contribution >= 0.6 is 0 Å². The van der Waals surface area contributed by atoms with E-state index in [4.69, 9.17) is 0 Å². The molecule has 3 aliphatic heterocycles. The third-order valence-electron chi connectivity index (χ3n) is 6.69. The van der Waals surface area contributed by atoms with Crippen molar-refractivity contribution in [3.8, 4) is 0 Å². The van der Waals surface area contributed by atoms with Crippen LogP contribution in [0.3, 0.4) is 0 Å². The number of rotatable bonds is 3. The summed E-state index contributed by atoms with van der Waals surface area (Å²) in [5.74, 6) is 2.35. The zero-order valence-corrected chi connectivity index (χ0v) is 15.3. The lowest BCUT2D eigenvalue weighted by Crippen LogP contribution is -2.51. The summed E-state index contributed by atoms with van der Waals surface area (Å²) in [6.45, 7) is 3.85. The molecule has 0 aromatic carbocycles. The zero-order valence-electron chi connectivity index (χ0n) is 15.3. The first kappa shape index (κ1) is 16.3. The van der Waals surface area contributed by atoms with E-state index in [1.165, 1.54) is 12.8 Å². The highest BCUT2D eigenvalue weighted by Crippen LogP contribution is 2.42. The molecule has 2 amide bonds. The van der Waals surface area contributed by atoms with Crippen molar-refractivity contribution >= 4 is 11.8 Å². The zero-order chi connectivity index (χ0) is 17.7. The lowest BCUT2D eigenvalue weighted by Gasteiger charge is -2.39. The summed E-state index contributed by atoms with van der Waals surface area (Å²) in [5.41, 5.74) is -0.354. The molecule has 5 rings (SSSR count). The Labute approximate surface area is 153 Å². The molecule has 2 saturated heterocycles. The van der Waals surface area contributed by atoms with Crippen LogP contribution in [0.25, 0.3) is 0 Å². The van der Waals surface area contributed by atoms with E-state index in [1.807, 2.05) is 9.47 Å². The van der Waals surface area contributed by atoms with Crippen molar-refractivity contribution < 1.29 is 9.59 Å².